The third-order valence-electron chi connectivity index (χ3n) is 3.46. The lowest BCUT2D eigenvalue weighted by molar-refractivity contribution is -0.383. The molecule has 24 heavy (non-hydrogen) atoms. The van der Waals surface area contributed by atoms with E-state index in [9.17, 15) is 10.1 Å². The number of rotatable bonds is 8. The molecule has 0 aliphatic rings. The number of anilines is 3. The van der Waals surface area contributed by atoms with Crippen molar-refractivity contribution in [2.45, 2.75) is 20.3 Å². The molecular weight excluding hydrogens is 310 g/mol. The Morgan fingerprint density at radius 2 is 2.00 bits per heavy atom. The fourth-order valence-electron chi connectivity index (χ4n) is 2.28. The first kappa shape index (κ1) is 17.6. The summed E-state index contributed by atoms with van der Waals surface area (Å²) in [5.74, 6) is 0.356. The highest BCUT2D eigenvalue weighted by Gasteiger charge is 2.23. The lowest BCUT2D eigenvalue weighted by atomic mass is 10.1. The van der Waals surface area contributed by atoms with E-state index in [1.807, 2.05) is 32.0 Å². The Morgan fingerprint density at radius 3 is 2.67 bits per heavy atom. The van der Waals surface area contributed by atoms with Crippen molar-refractivity contribution in [2.75, 3.05) is 30.9 Å². The first-order valence-electron chi connectivity index (χ1n) is 7.59. The number of aryl methyl sites for hydroxylation is 2. The van der Waals surface area contributed by atoms with Crippen LogP contribution in [0.25, 0.3) is 0 Å². The number of nitrogens with one attached hydrogen (secondary N) is 2. The van der Waals surface area contributed by atoms with Crippen LogP contribution >= 0.6 is 0 Å². The van der Waals surface area contributed by atoms with Gasteiger partial charge in [-0.15, -0.1) is 0 Å². The Balaban J connectivity index is 2.27. The number of ether oxygens (including phenoxy) is 1. The Morgan fingerprint density at radius 1 is 1.25 bits per heavy atom. The van der Waals surface area contributed by atoms with Crippen LogP contribution in [0.3, 0.4) is 0 Å². The van der Waals surface area contributed by atoms with Crippen LogP contribution in [0, 0.1) is 24.0 Å². The van der Waals surface area contributed by atoms with Gasteiger partial charge in [0, 0.05) is 25.9 Å². The van der Waals surface area contributed by atoms with Gasteiger partial charge in [0.05, 0.1) is 4.92 Å². The van der Waals surface area contributed by atoms with Gasteiger partial charge in [0.1, 0.15) is 6.33 Å². The van der Waals surface area contributed by atoms with Crippen LogP contribution in [0.5, 0.6) is 0 Å². The molecule has 0 saturated heterocycles. The molecule has 0 fully saturated rings. The van der Waals surface area contributed by atoms with E-state index >= 15 is 0 Å². The number of methoxy groups -OCH3 is 1. The summed E-state index contributed by atoms with van der Waals surface area (Å²) in [4.78, 5) is 19.0. The van der Waals surface area contributed by atoms with E-state index in [2.05, 4.69) is 20.6 Å². The monoisotopic (exact) mass is 331 g/mol. The quantitative estimate of drug-likeness (QED) is 0.435. The minimum atomic E-state index is -0.482. The SMILES string of the molecule is COCCCNc1ncnc(Nc2ccc(C)cc2C)c1[N+](=O)[O-]. The van der Waals surface area contributed by atoms with Crippen molar-refractivity contribution in [1.29, 1.82) is 0 Å². The van der Waals surface area contributed by atoms with E-state index in [4.69, 9.17) is 4.74 Å². The molecule has 8 heteroatoms. The van der Waals surface area contributed by atoms with Gasteiger partial charge in [0.15, 0.2) is 0 Å². The summed E-state index contributed by atoms with van der Waals surface area (Å²) in [6.45, 7) is 5.02. The molecule has 2 aromatic rings. The molecule has 0 bridgehead atoms. The molecule has 2 rings (SSSR count). The number of aromatic nitrogens is 2. The Bertz CT molecular complexity index is 721. The van der Waals surface area contributed by atoms with Crippen LogP contribution in [0.4, 0.5) is 23.0 Å². The van der Waals surface area contributed by atoms with Crippen molar-refractivity contribution in [3.05, 3.63) is 45.8 Å². The second kappa shape index (κ2) is 8.21. The number of hydrogen-bond acceptors (Lipinski definition) is 7. The summed E-state index contributed by atoms with van der Waals surface area (Å²) in [6.07, 6.45) is 2.02. The lowest BCUT2D eigenvalue weighted by Gasteiger charge is -2.12. The molecule has 1 aromatic heterocycles. The molecule has 1 aromatic carbocycles. The number of nitro groups is 1. The van der Waals surface area contributed by atoms with Gasteiger partial charge >= 0.3 is 5.69 Å². The molecule has 2 N–H and O–H groups in total. The summed E-state index contributed by atoms with van der Waals surface area (Å²) >= 11 is 0. The normalized spacial score (nSPS) is 10.5. The van der Waals surface area contributed by atoms with Crippen molar-refractivity contribution in [3.8, 4) is 0 Å². The van der Waals surface area contributed by atoms with Crippen molar-refractivity contribution < 1.29 is 9.66 Å². The first-order chi connectivity index (χ1) is 11.5. The third-order valence-corrected chi connectivity index (χ3v) is 3.46. The van der Waals surface area contributed by atoms with Crippen LogP contribution in [0.15, 0.2) is 24.5 Å². The summed E-state index contributed by atoms with van der Waals surface area (Å²) in [5, 5.41) is 17.5. The van der Waals surface area contributed by atoms with Gasteiger partial charge in [-0.2, -0.15) is 0 Å². The summed E-state index contributed by atoms with van der Waals surface area (Å²) < 4.78 is 4.96. The minimum absolute atomic E-state index is 0.163. The topological polar surface area (TPSA) is 102 Å². The van der Waals surface area contributed by atoms with Crippen LogP contribution in [-0.4, -0.2) is 35.2 Å². The molecule has 0 unspecified atom stereocenters. The zero-order chi connectivity index (χ0) is 17.5. The zero-order valence-electron chi connectivity index (χ0n) is 14.0. The maximum absolute atomic E-state index is 11.5. The van der Waals surface area contributed by atoms with Gasteiger partial charge in [0.2, 0.25) is 11.6 Å². The maximum atomic E-state index is 11.5. The van der Waals surface area contributed by atoms with Gasteiger partial charge in [-0.3, -0.25) is 10.1 Å². The highest BCUT2D eigenvalue weighted by molar-refractivity contribution is 5.74. The largest absolute Gasteiger partial charge is 0.385 e. The molecule has 0 atom stereocenters. The molecule has 0 aliphatic carbocycles. The Hall–Kier alpha value is -2.74. The number of nitrogens with zero attached hydrogens (tertiary/aromatic N) is 3. The standard InChI is InChI=1S/C16H21N5O3/c1-11-5-6-13(12(2)9-11)20-16-14(21(22)23)15(18-10-19-16)17-7-4-8-24-3/h5-6,9-10H,4,7-8H2,1-3H3,(H2,17,18,19,20). The van der Waals surface area contributed by atoms with Gasteiger partial charge < -0.3 is 15.4 Å². The molecule has 1 heterocycles. The van der Waals surface area contributed by atoms with E-state index < -0.39 is 4.92 Å². The van der Waals surface area contributed by atoms with E-state index in [1.54, 1.807) is 7.11 Å². The Labute approximate surface area is 140 Å². The van der Waals surface area contributed by atoms with E-state index in [1.165, 1.54) is 6.33 Å². The first-order valence-corrected chi connectivity index (χ1v) is 7.59. The molecule has 0 spiro atoms. The molecule has 0 saturated carbocycles. The molecule has 0 aliphatic heterocycles. The van der Waals surface area contributed by atoms with Gasteiger partial charge in [-0.05, 0) is 31.9 Å². The lowest BCUT2D eigenvalue weighted by Crippen LogP contribution is -2.10. The zero-order valence-corrected chi connectivity index (χ0v) is 14.0. The van der Waals surface area contributed by atoms with Crippen molar-refractivity contribution >= 4 is 23.0 Å². The molecule has 0 radical (unpaired) electrons. The summed E-state index contributed by atoms with van der Waals surface area (Å²) in [5.41, 5.74) is 2.70. The van der Waals surface area contributed by atoms with Gasteiger partial charge in [-0.1, -0.05) is 17.7 Å². The van der Waals surface area contributed by atoms with E-state index in [-0.39, 0.29) is 17.3 Å². The molecule has 128 valence electrons. The predicted octanol–water partition coefficient (Wildman–Crippen LogP) is 3.19. The van der Waals surface area contributed by atoms with Crippen molar-refractivity contribution in [3.63, 3.8) is 0 Å². The fourth-order valence-corrected chi connectivity index (χ4v) is 2.28. The van der Waals surface area contributed by atoms with Gasteiger partial charge in [-0.25, -0.2) is 9.97 Å². The van der Waals surface area contributed by atoms with Gasteiger partial charge in [0.25, 0.3) is 0 Å². The molecule has 0 amide bonds. The second-order valence-corrected chi connectivity index (χ2v) is 5.39. The predicted molar refractivity (Wildman–Crippen MR) is 92.9 cm³/mol. The van der Waals surface area contributed by atoms with Crippen LogP contribution in [-0.2, 0) is 4.74 Å². The smallest absolute Gasteiger partial charge is 0.353 e. The summed E-state index contributed by atoms with van der Waals surface area (Å²) in [6, 6.07) is 5.81. The minimum Gasteiger partial charge on any atom is -0.385 e. The molecular formula is C16H21N5O3. The third kappa shape index (κ3) is 4.39. The Kier molecular flexibility index (Phi) is 6.02. The number of benzene rings is 1. The highest BCUT2D eigenvalue weighted by atomic mass is 16.6. The average molecular weight is 331 g/mol. The maximum Gasteiger partial charge on any atom is 0.353 e. The van der Waals surface area contributed by atoms with Crippen molar-refractivity contribution in [1.82, 2.24) is 9.97 Å². The second-order valence-electron chi connectivity index (χ2n) is 5.39. The molecule has 8 nitrogen and oxygen atoms in total. The van der Waals surface area contributed by atoms with Crippen LogP contribution in [0.2, 0.25) is 0 Å². The highest BCUT2D eigenvalue weighted by Crippen LogP contribution is 2.32. The van der Waals surface area contributed by atoms with Crippen LogP contribution < -0.4 is 10.6 Å². The number of hydrogen-bond donors (Lipinski definition) is 2. The average Bonchev–Trinajstić information content (AvgIpc) is 2.54. The van der Waals surface area contributed by atoms with E-state index in [0.717, 1.165) is 23.2 Å². The van der Waals surface area contributed by atoms with Crippen molar-refractivity contribution in [2.24, 2.45) is 0 Å². The summed E-state index contributed by atoms with van der Waals surface area (Å²) in [7, 11) is 1.61. The fraction of sp³-hybridized carbons (Fsp3) is 0.375. The van der Waals surface area contributed by atoms with Crippen LogP contribution in [0.1, 0.15) is 17.5 Å². The van der Waals surface area contributed by atoms with E-state index in [0.29, 0.717) is 13.2 Å².